The first-order valence-corrected chi connectivity index (χ1v) is 24.4. The zero-order valence-corrected chi connectivity index (χ0v) is 37.3. The average molecular weight is 943 g/mol. The number of H-pyrrole nitrogens is 1. The summed E-state index contributed by atoms with van der Waals surface area (Å²) in [6.07, 6.45) is 3.74. The van der Waals surface area contributed by atoms with Gasteiger partial charge in [-0.1, -0.05) is 6.07 Å². The quantitative estimate of drug-likeness (QED) is 0.0418. The topological polar surface area (TPSA) is 347 Å². The fourth-order valence-corrected chi connectivity index (χ4v) is 10.5. The zero-order chi connectivity index (χ0) is 46.7. The van der Waals surface area contributed by atoms with Crippen molar-refractivity contribution in [2.75, 3.05) is 48.5 Å². The summed E-state index contributed by atoms with van der Waals surface area (Å²) in [5, 5.41) is 18.2. The summed E-state index contributed by atoms with van der Waals surface area (Å²) >= 11 is 0. The second-order valence-corrected chi connectivity index (χ2v) is 20.0. The molecule has 1 unspecified atom stereocenters. The number of nitrogens with zero attached hydrogens (tertiary/aromatic N) is 2. The number of aryl methyl sites for hydroxylation is 2. The van der Waals surface area contributed by atoms with E-state index in [0.29, 0.717) is 23.7 Å². The summed E-state index contributed by atoms with van der Waals surface area (Å²) < 4.78 is 98.3. The number of sulfonamides is 1. The van der Waals surface area contributed by atoms with E-state index in [1.54, 1.807) is 42.5 Å². The molecule has 10 N–H and O–H groups in total. The molecule has 1 aliphatic rings. The minimum absolute atomic E-state index is 0.0432. The number of aliphatic carboxylic acids is 1. The lowest BCUT2D eigenvalue weighted by atomic mass is 9.93. The number of imidazole rings is 1. The number of nitrogens with two attached hydrogens (primary N) is 1. The molecular formula is C38H54N8O14S3. The predicted octanol–water partition coefficient (Wildman–Crippen LogP) is 0.742. The van der Waals surface area contributed by atoms with Crippen LogP contribution in [0.1, 0.15) is 65.6 Å². The van der Waals surface area contributed by atoms with E-state index >= 15 is 0 Å². The van der Waals surface area contributed by atoms with Gasteiger partial charge in [0.25, 0.3) is 20.2 Å². The van der Waals surface area contributed by atoms with E-state index in [9.17, 15) is 54.1 Å². The molecule has 0 radical (unpaired) electrons. The Labute approximate surface area is 365 Å². The molecule has 25 heteroatoms. The fraction of sp³-hybridized carbons (Fsp3) is 0.500. The van der Waals surface area contributed by atoms with Crippen molar-refractivity contribution in [3.63, 3.8) is 0 Å². The first-order valence-electron chi connectivity index (χ1n) is 19.7. The van der Waals surface area contributed by atoms with Crippen molar-refractivity contribution in [3.8, 4) is 5.75 Å². The molecule has 3 aromatic rings. The number of Topliss-reactive ketones (excluding diaryl/α,β-unsaturated/α-hetero) is 1. The highest BCUT2D eigenvalue weighted by Crippen LogP contribution is 2.31. The lowest BCUT2D eigenvalue weighted by Crippen LogP contribution is -2.54. The highest BCUT2D eigenvalue weighted by molar-refractivity contribution is 7.89. The number of likely N-dealkylation sites (N-methyl/N-ethyl adjacent to an activating group) is 1. The first kappa shape index (κ1) is 50.5. The van der Waals surface area contributed by atoms with Crippen molar-refractivity contribution in [2.24, 2.45) is 11.7 Å². The second-order valence-electron chi connectivity index (χ2n) is 15.3. The number of aromatic nitrogens is 2. The molecule has 0 saturated heterocycles. The summed E-state index contributed by atoms with van der Waals surface area (Å²) in [4.78, 5) is 59.5. The first-order chi connectivity index (χ1) is 29.4. The number of rotatable bonds is 25. The van der Waals surface area contributed by atoms with Crippen LogP contribution in [-0.2, 0) is 51.2 Å². The summed E-state index contributed by atoms with van der Waals surface area (Å²) in [5.41, 5.74) is 7.91. The van der Waals surface area contributed by atoms with Gasteiger partial charge in [-0.25, -0.2) is 13.4 Å². The summed E-state index contributed by atoms with van der Waals surface area (Å²) in [6.45, 7) is 2.95. The molecule has 4 rings (SSSR count). The van der Waals surface area contributed by atoms with Crippen LogP contribution in [0.25, 0.3) is 0 Å². The average Bonchev–Trinajstić information content (AvgIpc) is 3.69. The van der Waals surface area contributed by atoms with E-state index in [4.69, 9.17) is 15.0 Å². The molecule has 63 heavy (non-hydrogen) atoms. The van der Waals surface area contributed by atoms with Crippen LogP contribution in [0.3, 0.4) is 0 Å². The maximum absolute atomic E-state index is 13.6. The molecule has 0 spiro atoms. The van der Waals surface area contributed by atoms with E-state index in [2.05, 4.69) is 30.6 Å². The number of benzene rings is 2. The number of hydrogen-bond acceptors (Lipinski definition) is 15. The Hall–Kier alpha value is -5.18. The number of amides is 2. The van der Waals surface area contributed by atoms with Crippen LogP contribution in [0.5, 0.6) is 5.75 Å². The Bertz CT molecular complexity index is 2430. The molecule has 22 nitrogen and oxygen atoms in total. The van der Waals surface area contributed by atoms with Crippen molar-refractivity contribution >= 4 is 65.5 Å². The number of nitrogens with one attached hydrogen (secondary N) is 5. The maximum Gasteiger partial charge on any atom is 0.323 e. The van der Waals surface area contributed by atoms with E-state index in [0.717, 1.165) is 5.56 Å². The van der Waals surface area contributed by atoms with Crippen molar-refractivity contribution < 1.29 is 63.4 Å². The Morgan fingerprint density at radius 2 is 1.68 bits per heavy atom. The van der Waals surface area contributed by atoms with Crippen LogP contribution < -0.4 is 36.0 Å². The van der Waals surface area contributed by atoms with E-state index in [1.165, 1.54) is 26.0 Å². The van der Waals surface area contributed by atoms with Gasteiger partial charge in [-0.05, 0) is 86.4 Å². The molecule has 1 aromatic heterocycles. The third-order valence-electron chi connectivity index (χ3n) is 10.1. The Morgan fingerprint density at radius 1 is 1.00 bits per heavy atom. The van der Waals surface area contributed by atoms with Gasteiger partial charge in [0.15, 0.2) is 11.7 Å². The van der Waals surface area contributed by atoms with Gasteiger partial charge in [-0.3, -0.25) is 28.3 Å². The molecule has 1 aliphatic heterocycles. The number of anilines is 2. The van der Waals surface area contributed by atoms with Crippen molar-refractivity contribution in [2.45, 2.75) is 81.9 Å². The number of carboxylic acids is 1. The van der Waals surface area contributed by atoms with Crippen molar-refractivity contribution in [1.82, 2.24) is 25.3 Å². The van der Waals surface area contributed by atoms with Gasteiger partial charge in [-0.15, -0.1) is 0 Å². The number of carboxylic acid groups (broad SMARTS) is 1. The van der Waals surface area contributed by atoms with Gasteiger partial charge >= 0.3 is 5.97 Å². The van der Waals surface area contributed by atoms with Crippen LogP contribution in [0.2, 0.25) is 0 Å². The Morgan fingerprint density at radius 3 is 2.30 bits per heavy atom. The Balaban J connectivity index is 1.26. The largest absolute Gasteiger partial charge is 0.494 e. The number of ether oxygens (including phenoxy) is 1. The van der Waals surface area contributed by atoms with Crippen molar-refractivity contribution in [1.29, 1.82) is 0 Å². The van der Waals surface area contributed by atoms with Gasteiger partial charge in [0, 0.05) is 69.2 Å². The summed E-state index contributed by atoms with van der Waals surface area (Å²) in [5.74, 6) is -4.18. The van der Waals surface area contributed by atoms with Gasteiger partial charge in [0.2, 0.25) is 21.8 Å². The molecule has 0 aliphatic carbocycles. The summed E-state index contributed by atoms with van der Waals surface area (Å²) in [7, 11) is -11.6. The minimum atomic E-state index is -4.47. The zero-order valence-electron chi connectivity index (χ0n) is 34.9. The number of hydrogen-bond donors (Lipinski definition) is 9. The SMILES string of the molecule is Cc1cc(OCCCC(=O)NCCC[C@H](C[C@@H](N)CS(=O)(=O)O)CS(=O)(=O)O)cc(C)c1S(=O)(=O)N[C@@H](CNC(=O)C1CC(=O)c2ccc(CNc3ncc[nH]3)cc2N1C)C(=O)O. The number of carbonyl (C=O) groups excluding carboxylic acids is 3. The molecule has 2 aromatic carbocycles. The predicted molar refractivity (Wildman–Crippen MR) is 230 cm³/mol. The van der Waals surface area contributed by atoms with E-state index in [1.807, 2.05) is 0 Å². The Kier molecular flexibility index (Phi) is 17.6. The lowest BCUT2D eigenvalue weighted by molar-refractivity contribution is -0.139. The highest BCUT2D eigenvalue weighted by Gasteiger charge is 2.35. The van der Waals surface area contributed by atoms with Crippen LogP contribution in [0.4, 0.5) is 11.6 Å². The van der Waals surface area contributed by atoms with Crippen molar-refractivity contribution in [3.05, 3.63) is 65.0 Å². The van der Waals surface area contributed by atoms with E-state index < -0.39 is 84.2 Å². The third kappa shape index (κ3) is 15.8. The minimum Gasteiger partial charge on any atom is -0.494 e. The number of carbonyl (C=O) groups is 4. The third-order valence-corrected chi connectivity index (χ3v) is 13.6. The van der Waals surface area contributed by atoms with Crippen LogP contribution in [-0.4, -0.2) is 129 Å². The molecule has 2 heterocycles. The molecule has 348 valence electrons. The maximum atomic E-state index is 13.6. The number of fused-ring (bicyclic) bond motifs is 1. The smallest absolute Gasteiger partial charge is 0.323 e. The number of ketones is 1. The normalized spacial score (nSPS) is 15.8. The standard InChI is InChI=1S/C38H54N8O14S3/c1-23-14-28(60-13-5-7-34(48)40-10-4-6-26(21-61(52,53)54)16-27(39)22-62(55,56)57)15-24(2)35(23)63(58,59)45-30(37(50)51)20-43-36(49)32-18-33(47)29-9-8-25(17-31(29)46(32)3)19-44-38-41-11-12-42-38/h8-9,11-12,14-15,17,26-27,30,32,45H,4-7,10,13,16,18-22,39H2,1-3H3,(H,40,48)(H,43,49)(H,50,51)(H2,41,42,44)(H,52,53,54)(H,55,56,57)/t26-,27-,30+,32?/m1/s1. The highest BCUT2D eigenvalue weighted by atomic mass is 32.2. The van der Waals surface area contributed by atoms with Gasteiger partial charge < -0.3 is 41.4 Å². The molecular weight excluding hydrogens is 889 g/mol. The molecule has 0 saturated carbocycles. The second kappa shape index (κ2) is 21.9. The molecule has 0 bridgehead atoms. The molecule has 2 amide bonds. The van der Waals surface area contributed by atoms with Crippen LogP contribution >= 0.6 is 0 Å². The molecule has 4 atom stereocenters. The van der Waals surface area contributed by atoms with Gasteiger partial charge in [0.1, 0.15) is 17.8 Å². The molecule has 0 fully saturated rings. The summed E-state index contributed by atoms with van der Waals surface area (Å²) in [6, 6.07) is 4.27. The van der Waals surface area contributed by atoms with E-state index in [-0.39, 0.29) is 85.1 Å². The number of aromatic amines is 1. The van der Waals surface area contributed by atoms with Crippen LogP contribution in [0.15, 0.2) is 47.6 Å². The van der Waals surface area contributed by atoms with Crippen LogP contribution in [0, 0.1) is 19.8 Å². The van der Waals surface area contributed by atoms with Gasteiger partial charge in [0.05, 0.1) is 23.0 Å². The monoisotopic (exact) mass is 942 g/mol. The van der Waals surface area contributed by atoms with Gasteiger partial charge in [-0.2, -0.15) is 21.6 Å². The fourth-order valence-electron chi connectivity index (χ4n) is 7.25. The lowest BCUT2D eigenvalue weighted by Gasteiger charge is -2.34.